The summed E-state index contributed by atoms with van der Waals surface area (Å²) >= 11 is 5.90. The van der Waals surface area contributed by atoms with Crippen LogP contribution in [0.2, 0.25) is 5.02 Å². The van der Waals surface area contributed by atoms with E-state index in [1.54, 1.807) is 30.1 Å². The molecule has 2 rings (SSSR count). The van der Waals surface area contributed by atoms with Gasteiger partial charge in [0, 0.05) is 24.7 Å². The van der Waals surface area contributed by atoms with Crippen LogP contribution in [0.5, 0.6) is 0 Å². The van der Waals surface area contributed by atoms with E-state index in [4.69, 9.17) is 11.6 Å². The molecule has 0 radical (unpaired) electrons. The summed E-state index contributed by atoms with van der Waals surface area (Å²) in [6.45, 7) is 0. The minimum absolute atomic E-state index is 0.357. The van der Waals surface area contributed by atoms with Gasteiger partial charge in [-0.05, 0) is 24.1 Å². The number of hydrogen-bond donors (Lipinski definition) is 1. The summed E-state index contributed by atoms with van der Waals surface area (Å²) in [5.74, 6) is -1.37. The molecule has 0 spiro atoms. The second-order valence-corrected chi connectivity index (χ2v) is 4.89. The largest absolute Gasteiger partial charge is 0.481 e. The van der Waals surface area contributed by atoms with E-state index in [-0.39, 0.29) is 0 Å². The van der Waals surface area contributed by atoms with Gasteiger partial charge >= 0.3 is 5.97 Å². The lowest BCUT2D eigenvalue weighted by Gasteiger charge is -2.10. The van der Waals surface area contributed by atoms with Crippen LogP contribution in [-0.4, -0.2) is 26.1 Å². The minimum Gasteiger partial charge on any atom is -0.481 e. The molecule has 0 saturated carbocycles. The molecule has 0 bridgehead atoms. The van der Waals surface area contributed by atoms with Crippen molar-refractivity contribution in [3.63, 3.8) is 0 Å². The lowest BCUT2D eigenvalue weighted by molar-refractivity contribution is -0.141. The number of aliphatic carboxylic acids is 1. The molecule has 1 atom stereocenters. The second kappa shape index (κ2) is 5.84. The molecule has 0 fully saturated rings. The van der Waals surface area contributed by atoms with Gasteiger partial charge in [-0.1, -0.05) is 28.9 Å². The van der Waals surface area contributed by atoms with Crippen molar-refractivity contribution in [1.82, 2.24) is 15.0 Å². The average molecular weight is 280 g/mol. The third-order valence-corrected chi connectivity index (χ3v) is 3.06. The Morgan fingerprint density at radius 3 is 2.84 bits per heavy atom. The first-order chi connectivity index (χ1) is 9.04. The summed E-state index contributed by atoms with van der Waals surface area (Å²) in [4.78, 5) is 11.3. The van der Waals surface area contributed by atoms with E-state index in [9.17, 15) is 9.90 Å². The van der Waals surface area contributed by atoms with Crippen molar-refractivity contribution < 1.29 is 9.90 Å². The Kier molecular flexibility index (Phi) is 4.16. The van der Waals surface area contributed by atoms with Gasteiger partial charge in [0.25, 0.3) is 0 Å². The zero-order valence-electron chi connectivity index (χ0n) is 10.5. The highest BCUT2D eigenvalue weighted by Gasteiger charge is 2.20. The Labute approximate surface area is 115 Å². The molecule has 19 heavy (non-hydrogen) atoms. The highest BCUT2D eigenvalue weighted by atomic mass is 35.5. The van der Waals surface area contributed by atoms with Gasteiger partial charge in [0.2, 0.25) is 0 Å². The molecular weight excluding hydrogens is 266 g/mol. The predicted octanol–water partition coefficient (Wildman–Crippen LogP) is 1.95. The fraction of sp³-hybridized carbons (Fsp3) is 0.308. The number of aromatic nitrogens is 3. The van der Waals surface area contributed by atoms with Gasteiger partial charge in [0.1, 0.15) is 0 Å². The first-order valence-corrected chi connectivity index (χ1v) is 6.25. The minimum atomic E-state index is -0.842. The monoisotopic (exact) mass is 279 g/mol. The standard InChI is InChI=1S/C13H14ClN3O2/c1-17-8-12(15-16-17)7-10(13(18)19)5-9-3-2-4-11(14)6-9/h2-4,6,8,10H,5,7H2,1H3,(H,18,19). The topological polar surface area (TPSA) is 68.0 Å². The second-order valence-electron chi connectivity index (χ2n) is 4.46. The van der Waals surface area contributed by atoms with Crippen LogP contribution in [0.3, 0.4) is 0 Å². The van der Waals surface area contributed by atoms with Gasteiger partial charge in [-0.15, -0.1) is 5.10 Å². The molecule has 0 saturated heterocycles. The molecule has 1 N–H and O–H groups in total. The van der Waals surface area contributed by atoms with E-state index < -0.39 is 11.9 Å². The maximum absolute atomic E-state index is 11.3. The molecule has 0 aliphatic heterocycles. The maximum atomic E-state index is 11.3. The zero-order chi connectivity index (χ0) is 13.8. The Balaban J connectivity index is 2.10. The Morgan fingerprint density at radius 2 is 2.26 bits per heavy atom. The smallest absolute Gasteiger partial charge is 0.307 e. The van der Waals surface area contributed by atoms with Crippen molar-refractivity contribution in [3.8, 4) is 0 Å². The van der Waals surface area contributed by atoms with Gasteiger partial charge in [0.15, 0.2) is 0 Å². The molecule has 1 aromatic heterocycles. The Morgan fingerprint density at radius 1 is 1.47 bits per heavy atom. The van der Waals surface area contributed by atoms with Crippen molar-refractivity contribution in [3.05, 3.63) is 46.7 Å². The molecule has 1 unspecified atom stereocenters. The van der Waals surface area contributed by atoms with Crippen LogP contribution >= 0.6 is 11.6 Å². The summed E-state index contributed by atoms with van der Waals surface area (Å²) in [6, 6.07) is 7.25. The number of rotatable bonds is 5. The number of nitrogens with zero attached hydrogens (tertiary/aromatic N) is 3. The van der Waals surface area contributed by atoms with Crippen molar-refractivity contribution >= 4 is 17.6 Å². The zero-order valence-corrected chi connectivity index (χ0v) is 11.2. The van der Waals surface area contributed by atoms with Gasteiger partial charge in [-0.3, -0.25) is 9.48 Å². The fourth-order valence-corrected chi connectivity index (χ4v) is 2.15. The van der Waals surface area contributed by atoms with Gasteiger partial charge in [-0.25, -0.2) is 0 Å². The van der Waals surface area contributed by atoms with E-state index in [1.807, 2.05) is 12.1 Å². The summed E-state index contributed by atoms with van der Waals surface area (Å²) in [7, 11) is 1.75. The average Bonchev–Trinajstić information content (AvgIpc) is 2.74. The first kappa shape index (κ1) is 13.5. The third kappa shape index (κ3) is 3.79. The summed E-state index contributed by atoms with van der Waals surface area (Å²) in [5.41, 5.74) is 1.58. The maximum Gasteiger partial charge on any atom is 0.307 e. The van der Waals surface area contributed by atoms with Crippen LogP contribution in [0.25, 0.3) is 0 Å². The van der Waals surface area contributed by atoms with E-state index in [0.29, 0.717) is 23.6 Å². The molecule has 0 aliphatic carbocycles. The van der Waals surface area contributed by atoms with E-state index in [1.165, 1.54) is 0 Å². The number of carboxylic acid groups (broad SMARTS) is 1. The normalized spacial score (nSPS) is 12.3. The van der Waals surface area contributed by atoms with Crippen molar-refractivity contribution in [2.45, 2.75) is 12.8 Å². The molecule has 5 nitrogen and oxygen atoms in total. The van der Waals surface area contributed by atoms with Gasteiger partial charge in [0.05, 0.1) is 11.6 Å². The molecule has 6 heteroatoms. The number of aryl methyl sites for hydroxylation is 1. The van der Waals surface area contributed by atoms with Crippen LogP contribution < -0.4 is 0 Å². The molecule has 1 aromatic carbocycles. The first-order valence-electron chi connectivity index (χ1n) is 5.87. The summed E-state index contributed by atoms with van der Waals surface area (Å²) < 4.78 is 1.56. The van der Waals surface area contributed by atoms with Gasteiger partial charge < -0.3 is 5.11 Å². The molecule has 1 heterocycles. The molecular formula is C13H14ClN3O2. The number of benzene rings is 1. The number of halogens is 1. The lowest BCUT2D eigenvalue weighted by atomic mass is 9.95. The molecule has 0 amide bonds. The molecule has 2 aromatic rings. The molecule has 0 aliphatic rings. The van der Waals surface area contributed by atoms with Crippen LogP contribution in [0.1, 0.15) is 11.3 Å². The van der Waals surface area contributed by atoms with Gasteiger partial charge in [-0.2, -0.15) is 0 Å². The van der Waals surface area contributed by atoms with E-state index in [0.717, 1.165) is 5.56 Å². The van der Waals surface area contributed by atoms with E-state index >= 15 is 0 Å². The number of carboxylic acids is 1. The number of carbonyl (C=O) groups is 1. The SMILES string of the molecule is Cn1cc(CC(Cc2cccc(Cl)c2)C(=O)O)nn1. The number of hydrogen-bond acceptors (Lipinski definition) is 3. The Bertz CT molecular complexity index is 583. The highest BCUT2D eigenvalue weighted by Crippen LogP contribution is 2.17. The van der Waals surface area contributed by atoms with Crippen LogP contribution in [-0.2, 0) is 24.7 Å². The molecule has 100 valence electrons. The van der Waals surface area contributed by atoms with E-state index in [2.05, 4.69) is 10.3 Å². The summed E-state index contributed by atoms with van der Waals surface area (Å²) in [5, 5.41) is 17.6. The van der Waals surface area contributed by atoms with Crippen LogP contribution in [0.4, 0.5) is 0 Å². The lowest BCUT2D eigenvalue weighted by Crippen LogP contribution is -2.19. The van der Waals surface area contributed by atoms with Crippen molar-refractivity contribution in [2.75, 3.05) is 0 Å². The van der Waals surface area contributed by atoms with Crippen LogP contribution in [0, 0.1) is 5.92 Å². The third-order valence-electron chi connectivity index (χ3n) is 2.83. The van der Waals surface area contributed by atoms with Crippen molar-refractivity contribution in [1.29, 1.82) is 0 Å². The highest BCUT2D eigenvalue weighted by molar-refractivity contribution is 6.30. The van der Waals surface area contributed by atoms with Crippen molar-refractivity contribution in [2.24, 2.45) is 13.0 Å². The fourth-order valence-electron chi connectivity index (χ4n) is 1.94. The quantitative estimate of drug-likeness (QED) is 0.908. The van der Waals surface area contributed by atoms with Crippen LogP contribution in [0.15, 0.2) is 30.5 Å². The summed E-state index contributed by atoms with van der Waals surface area (Å²) in [6.07, 6.45) is 2.51. The Hall–Kier alpha value is -1.88. The predicted molar refractivity (Wildman–Crippen MR) is 71.0 cm³/mol.